The Hall–Kier alpha value is -2.92. The summed E-state index contributed by atoms with van der Waals surface area (Å²) in [5.74, 6) is 0. The SMILES string of the molecule is CCc1ccccc1-n1cc(-c2cc3ccccc3oc2=O)[nH]c1=S. The van der Waals surface area contributed by atoms with Gasteiger partial charge in [-0.05, 0) is 42.4 Å². The molecule has 0 bridgehead atoms. The van der Waals surface area contributed by atoms with E-state index in [0.717, 1.165) is 17.5 Å². The lowest BCUT2D eigenvalue weighted by atomic mass is 10.1. The molecule has 0 spiro atoms. The van der Waals surface area contributed by atoms with E-state index in [9.17, 15) is 4.79 Å². The van der Waals surface area contributed by atoms with Crippen LogP contribution in [0.15, 0.2) is 70.0 Å². The first-order valence-corrected chi connectivity index (χ1v) is 8.51. The molecule has 0 saturated carbocycles. The molecule has 2 aromatic carbocycles. The largest absolute Gasteiger partial charge is 0.422 e. The van der Waals surface area contributed by atoms with Crippen molar-refractivity contribution < 1.29 is 4.42 Å². The van der Waals surface area contributed by atoms with Gasteiger partial charge in [-0.3, -0.25) is 4.57 Å². The molecule has 0 aliphatic carbocycles. The van der Waals surface area contributed by atoms with Crippen LogP contribution in [-0.2, 0) is 6.42 Å². The molecule has 124 valence electrons. The van der Waals surface area contributed by atoms with Crippen LogP contribution >= 0.6 is 12.2 Å². The molecule has 0 radical (unpaired) electrons. The maximum Gasteiger partial charge on any atom is 0.345 e. The van der Waals surface area contributed by atoms with E-state index in [1.54, 1.807) is 6.07 Å². The van der Waals surface area contributed by atoms with Crippen LogP contribution in [0.5, 0.6) is 0 Å². The lowest BCUT2D eigenvalue weighted by Crippen LogP contribution is -2.02. The van der Waals surface area contributed by atoms with Crippen molar-refractivity contribution in [3.63, 3.8) is 0 Å². The quantitative estimate of drug-likeness (QED) is 0.424. The van der Waals surface area contributed by atoms with Crippen molar-refractivity contribution in [2.45, 2.75) is 13.3 Å². The lowest BCUT2D eigenvalue weighted by Gasteiger charge is -2.07. The van der Waals surface area contributed by atoms with Crippen molar-refractivity contribution in [2.75, 3.05) is 0 Å². The first-order valence-electron chi connectivity index (χ1n) is 8.10. The molecule has 0 aliphatic heterocycles. The fourth-order valence-electron chi connectivity index (χ4n) is 3.01. The standard InChI is InChI=1S/C20H16N2O2S/c1-2-13-7-3-5-9-17(13)22-12-16(21-20(22)25)15-11-14-8-4-6-10-18(14)24-19(15)23/h3-12H,2H2,1H3,(H,21,25). The summed E-state index contributed by atoms with van der Waals surface area (Å²) < 4.78 is 7.87. The minimum atomic E-state index is -0.383. The topological polar surface area (TPSA) is 50.9 Å². The summed E-state index contributed by atoms with van der Waals surface area (Å²) in [6, 6.07) is 17.4. The van der Waals surface area contributed by atoms with Gasteiger partial charge < -0.3 is 9.40 Å². The van der Waals surface area contributed by atoms with Crippen molar-refractivity contribution in [1.82, 2.24) is 9.55 Å². The zero-order valence-electron chi connectivity index (χ0n) is 13.7. The molecule has 4 nitrogen and oxygen atoms in total. The molecule has 2 heterocycles. The van der Waals surface area contributed by atoms with Gasteiger partial charge in [0.25, 0.3) is 0 Å². The van der Waals surface area contributed by atoms with Crippen LogP contribution in [0.1, 0.15) is 12.5 Å². The van der Waals surface area contributed by atoms with Gasteiger partial charge in [0, 0.05) is 11.6 Å². The molecule has 0 aliphatic rings. The minimum Gasteiger partial charge on any atom is -0.422 e. The van der Waals surface area contributed by atoms with Crippen LogP contribution < -0.4 is 5.63 Å². The Morgan fingerprint density at radius 1 is 1.12 bits per heavy atom. The normalized spacial score (nSPS) is 11.1. The molecule has 0 amide bonds. The number of nitrogens with zero attached hydrogens (tertiary/aromatic N) is 1. The Kier molecular flexibility index (Phi) is 3.86. The van der Waals surface area contributed by atoms with Crippen molar-refractivity contribution in [3.05, 3.63) is 81.5 Å². The maximum atomic E-state index is 12.4. The molecule has 1 N–H and O–H groups in total. The number of hydrogen-bond donors (Lipinski definition) is 1. The molecule has 4 rings (SSSR count). The first kappa shape index (κ1) is 15.6. The highest BCUT2D eigenvalue weighted by molar-refractivity contribution is 7.71. The number of H-pyrrole nitrogens is 1. The second kappa shape index (κ2) is 6.18. The number of aromatic amines is 1. The molecule has 25 heavy (non-hydrogen) atoms. The predicted octanol–water partition coefficient (Wildman–Crippen LogP) is 4.87. The average molecular weight is 348 g/mol. The molecule has 0 atom stereocenters. The molecule has 0 fully saturated rings. The molecule has 0 unspecified atom stereocenters. The van der Waals surface area contributed by atoms with Gasteiger partial charge in [-0.1, -0.05) is 43.3 Å². The van der Waals surface area contributed by atoms with Gasteiger partial charge in [-0.2, -0.15) is 0 Å². The zero-order chi connectivity index (χ0) is 17.4. The molecular weight excluding hydrogens is 332 g/mol. The highest BCUT2D eigenvalue weighted by Crippen LogP contribution is 2.23. The van der Waals surface area contributed by atoms with Gasteiger partial charge >= 0.3 is 5.63 Å². The number of rotatable bonds is 3. The summed E-state index contributed by atoms with van der Waals surface area (Å²) in [5.41, 5.74) is 3.52. The number of hydrogen-bond acceptors (Lipinski definition) is 3. The van der Waals surface area contributed by atoms with E-state index in [1.807, 2.05) is 53.2 Å². The van der Waals surface area contributed by atoms with Crippen LogP contribution in [0.4, 0.5) is 0 Å². The van der Waals surface area contributed by atoms with Crippen LogP contribution in [-0.4, -0.2) is 9.55 Å². The monoisotopic (exact) mass is 348 g/mol. The van der Waals surface area contributed by atoms with Gasteiger partial charge in [0.1, 0.15) is 5.58 Å². The second-order valence-corrected chi connectivity index (χ2v) is 6.20. The van der Waals surface area contributed by atoms with Crippen molar-refractivity contribution >= 4 is 23.2 Å². The number of fused-ring (bicyclic) bond motifs is 1. The Morgan fingerprint density at radius 3 is 2.72 bits per heavy atom. The molecule has 5 heteroatoms. The van der Waals surface area contributed by atoms with Gasteiger partial charge in [-0.15, -0.1) is 0 Å². The second-order valence-electron chi connectivity index (χ2n) is 5.81. The van der Waals surface area contributed by atoms with E-state index < -0.39 is 0 Å². The van der Waals surface area contributed by atoms with Crippen LogP contribution in [0, 0.1) is 4.77 Å². The number of nitrogens with one attached hydrogen (secondary N) is 1. The fraction of sp³-hybridized carbons (Fsp3) is 0.100. The zero-order valence-corrected chi connectivity index (χ0v) is 14.5. The Morgan fingerprint density at radius 2 is 1.88 bits per heavy atom. The van der Waals surface area contributed by atoms with E-state index in [1.165, 1.54) is 5.56 Å². The Bertz CT molecular complexity index is 1180. The first-order chi connectivity index (χ1) is 12.2. The fourth-order valence-corrected chi connectivity index (χ4v) is 3.27. The summed E-state index contributed by atoms with van der Waals surface area (Å²) in [5, 5.41) is 0.873. The number of imidazole rings is 1. The summed E-state index contributed by atoms with van der Waals surface area (Å²) in [4.78, 5) is 15.5. The number of aryl methyl sites for hydroxylation is 1. The van der Waals surface area contributed by atoms with Crippen molar-refractivity contribution in [1.29, 1.82) is 0 Å². The summed E-state index contributed by atoms with van der Waals surface area (Å²) in [6.45, 7) is 2.11. The van der Waals surface area contributed by atoms with Gasteiger partial charge in [-0.25, -0.2) is 4.79 Å². The van der Waals surface area contributed by atoms with Crippen LogP contribution in [0.2, 0.25) is 0 Å². The van der Waals surface area contributed by atoms with Gasteiger partial charge in [0.15, 0.2) is 4.77 Å². The van der Waals surface area contributed by atoms with Crippen LogP contribution in [0.25, 0.3) is 27.9 Å². The smallest absolute Gasteiger partial charge is 0.345 e. The van der Waals surface area contributed by atoms with E-state index in [2.05, 4.69) is 18.0 Å². The number of aromatic nitrogens is 2. The summed E-state index contributed by atoms with van der Waals surface area (Å²) in [7, 11) is 0. The van der Waals surface area contributed by atoms with Crippen LogP contribution in [0.3, 0.4) is 0 Å². The van der Waals surface area contributed by atoms with Crippen molar-refractivity contribution in [3.8, 4) is 16.9 Å². The van der Waals surface area contributed by atoms with Gasteiger partial charge in [0.2, 0.25) is 0 Å². The summed E-state index contributed by atoms with van der Waals surface area (Å²) in [6.07, 6.45) is 2.76. The third-order valence-electron chi connectivity index (χ3n) is 4.28. The Labute approximate surface area is 149 Å². The molecule has 0 saturated heterocycles. The van der Waals surface area contributed by atoms with Gasteiger partial charge in [0.05, 0.1) is 16.9 Å². The maximum absolute atomic E-state index is 12.4. The highest BCUT2D eigenvalue weighted by atomic mass is 32.1. The molecule has 4 aromatic rings. The predicted molar refractivity (Wildman–Crippen MR) is 102 cm³/mol. The molecule has 2 aromatic heterocycles. The number of para-hydroxylation sites is 2. The minimum absolute atomic E-state index is 0.383. The van der Waals surface area contributed by atoms with E-state index >= 15 is 0 Å². The Balaban J connectivity index is 1.90. The van der Waals surface area contributed by atoms with E-state index in [0.29, 0.717) is 21.6 Å². The summed E-state index contributed by atoms with van der Waals surface area (Å²) >= 11 is 5.48. The van der Waals surface area contributed by atoms with E-state index in [4.69, 9.17) is 16.6 Å². The third-order valence-corrected chi connectivity index (χ3v) is 4.58. The highest BCUT2D eigenvalue weighted by Gasteiger charge is 2.12. The number of benzene rings is 2. The van der Waals surface area contributed by atoms with E-state index in [-0.39, 0.29) is 5.63 Å². The average Bonchev–Trinajstić information content (AvgIpc) is 3.02. The lowest BCUT2D eigenvalue weighted by molar-refractivity contribution is 0.563. The molecular formula is C20H16N2O2S. The van der Waals surface area contributed by atoms with Crippen molar-refractivity contribution in [2.24, 2.45) is 0 Å². The third kappa shape index (κ3) is 2.72.